The summed E-state index contributed by atoms with van der Waals surface area (Å²) >= 11 is 3.66. The molecule has 1 heterocycles. The molecule has 0 saturated carbocycles. The van der Waals surface area contributed by atoms with Crippen molar-refractivity contribution in [1.29, 1.82) is 0 Å². The van der Waals surface area contributed by atoms with Gasteiger partial charge < -0.3 is 0 Å². The van der Waals surface area contributed by atoms with E-state index in [1.807, 2.05) is 12.3 Å². The summed E-state index contributed by atoms with van der Waals surface area (Å²) in [5.74, 6) is 0. The zero-order valence-electron chi connectivity index (χ0n) is 9.49. The van der Waals surface area contributed by atoms with Gasteiger partial charge in [-0.25, -0.2) is 0 Å². The van der Waals surface area contributed by atoms with E-state index < -0.39 is 0 Å². The number of para-hydroxylation sites is 1. The molecule has 1 atom stereocenters. The van der Waals surface area contributed by atoms with Crippen LogP contribution < -0.4 is 0 Å². The lowest BCUT2D eigenvalue weighted by Crippen LogP contribution is -1.98. The van der Waals surface area contributed by atoms with Crippen molar-refractivity contribution >= 4 is 26.8 Å². The van der Waals surface area contributed by atoms with Crippen LogP contribution in [0.4, 0.5) is 0 Å². The van der Waals surface area contributed by atoms with Crippen molar-refractivity contribution in [2.75, 3.05) is 0 Å². The lowest BCUT2D eigenvalue weighted by molar-refractivity contribution is 0.745. The van der Waals surface area contributed by atoms with Crippen LogP contribution >= 0.6 is 15.9 Å². The highest BCUT2D eigenvalue weighted by Gasteiger charge is 2.02. The number of pyridine rings is 1. The normalized spacial score (nSPS) is 12.9. The zero-order valence-corrected chi connectivity index (χ0v) is 11.1. The minimum absolute atomic E-state index is 0.624. The first-order valence-corrected chi connectivity index (χ1v) is 6.69. The van der Waals surface area contributed by atoms with Crippen LogP contribution in [0.2, 0.25) is 0 Å². The number of hydrogen-bond acceptors (Lipinski definition) is 1. The van der Waals surface area contributed by atoms with Crippen molar-refractivity contribution in [2.24, 2.45) is 0 Å². The summed E-state index contributed by atoms with van der Waals surface area (Å²) < 4.78 is 0. The van der Waals surface area contributed by atoms with E-state index in [1.165, 1.54) is 23.8 Å². The average Bonchev–Trinajstić information content (AvgIpc) is 2.35. The van der Waals surface area contributed by atoms with Gasteiger partial charge in [0.25, 0.3) is 0 Å². The maximum Gasteiger partial charge on any atom is 0.0702 e. The summed E-state index contributed by atoms with van der Waals surface area (Å²) in [4.78, 5) is 5.09. The topological polar surface area (TPSA) is 12.9 Å². The van der Waals surface area contributed by atoms with E-state index in [9.17, 15) is 0 Å². The van der Waals surface area contributed by atoms with Crippen molar-refractivity contribution in [1.82, 2.24) is 4.98 Å². The van der Waals surface area contributed by atoms with Gasteiger partial charge in [-0.1, -0.05) is 41.1 Å². The maximum absolute atomic E-state index is 4.47. The fourth-order valence-corrected chi connectivity index (χ4v) is 2.01. The van der Waals surface area contributed by atoms with Crippen molar-refractivity contribution < 1.29 is 0 Å². The number of rotatable bonds is 4. The van der Waals surface area contributed by atoms with Gasteiger partial charge in [-0.15, -0.1) is 0 Å². The summed E-state index contributed by atoms with van der Waals surface area (Å²) in [7, 11) is 0. The van der Waals surface area contributed by atoms with Crippen molar-refractivity contribution in [3.8, 4) is 0 Å². The molecule has 0 bridgehead atoms. The highest BCUT2D eigenvalue weighted by molar-refractivity contribution is 9.09. The third kappa shape index (κ3) is 2.82. The molecule has 0 amide bonds. The Kier molecular flexibility index (Phi) is 3.94. The summed E-state index contributed by atoms with van der Waals surface area (Å²) in [6.45, 7) is 2.21. The second kappa shape index (κ2) is 5.44. The molecule has 84 valence electrons. The van der Waals surface area contributed by atoms with Crippen LogP contribution in [0.5, 0.6) is 0 Å². The highest BCUT2D eigenvalue weighted by Crippen LogP contribution is 2.17. The van der Waals surface area contributed by atoms with Gasteiger partial charge in [0.1, 0.15) is 0 Å². The monoisotopic (exact) mass is 277 g/mol. The van der Waals surface area contributed by atoms with Gasteiger partial charge in [0, 0.05) is 16.4 Å². The Bertz CT molecular complexity index is 467. The van der Waals surface area contributed by atoms with E-state index in [2.05, 4.69) is 52.1 Å². The SMILES string of the molecule is CCC(Br)CCc1cnc2ccccc2c1. The van der Waals surface area contributed by atoms with E-state index in [4.69, 9.17) is 0 Å². The van der Waals surface area contributed by atoms with E-state index >= 15 is 0 Å². The summed E-state index contributed by atoms with van der Waals surface area (Å²) in [6, 6.07) is 10.5. The Labute approximate surface area is 105 Å². The largest absolute Gasteiger partial charge is 0.256 e. The molecular formula is C14H16BrN. The Balaban J connectivity index is 2.13. The van der Waals surface area contributed by atoms with Crippen LogP contribution in [0.3, 0.4) is 0 Å². The standard InChI is InChI=1S/C14H16BrN/c1-2-13(15)8-7-11-9-12-5-3-4-6-14(12)16-10-11/h3-6,9-10,13H,2,7-8H2,1H3. The molecule has 0 aliphatic heterocycles. The van der Waals surface area contributed by atoms with Crippen LogP contribution in [-0.2, 0) is 6.42 Å². The molecule has 0 radical (unpaired) electrons. The minimum Gasteiger partial charge on any atom is -0.256 e. The molecule has 1 nitrogen and oxygen atoms in total. The fraction of sp³-hybridized carbons (Fsp3) is 0.357. The van der Waals surface area contributed by atoms with Crippen LogP contribution in [0.25, 0.3) is 10.9 Å². The lowest BCUT2D eigenvalue weighted by Gasteiger charge is -2.06. The fourth-order valence-electron chi connectivity index (χ4n) is 1.78. The molecule has 1 unspecified atom stereocenters. The van der Waals surface area contributed by atoms with Gasteiger partial charge in [-0.3, -0.25) is 4.98 Å². The number of alkyl halides is 1. The molecular weight excluding hydrogens is 262 g/mol. The van der Waals surface area contributed by atoms with Gasteiger partial charge in [0.15, 0.2) is 0 Å². The summed E-state index contributed by atoms with van der Waals surface area (Å²) in [5.41, 5.74) is 2.41. The molecule has 2 rings (SSSR count). The number of aryl methyl sites for hydroxylation is 1. The molecule has 0 saturated heterocycles. The average molecular weight is 278 g/mol. The molecule has 0 fully saturated rings. The van der Waals surface area contributed by atoms with E-state index in [1.54, 1.807) is 0 Å². The number of benzene rings is 1. The van der Waals surface area contributed by atoms with E-state index in [0.29, 0.717) is 4.83 Å². The van der Waals surface area contributed by atoms with Crippen molar-refractivity contribution in [3.63, 3.8) is 0 Å². The number of aromatic nitrogens is 1. The second-order valence-electron chi connectivity index (χ2n) is 4.08. The van der Waals surface area contributed by atoms with Crippen LogP contribution in [0.15, 0.2) is 36.5 Å². The van der Waals surface area contributed by atoms with Gasteiger partial charge in [0.05, 0.1) is 5.52 Å². The molecule has 0 aliphatic carbocycles. The zero-order chi connectivity index (χ0) is 11.4. The predicted molar refractivity (Wildman–Crippen MR) is 73.1 cm³/mol. The van der Waals surface area contributed by atoms with Crippen LogP contribution in [0, 0.1) is 0 Å². The quantitative estimate of drug-likeness (QED) is 0.758. The molecule has 0 aliphatic rings. The third-order valence-electron chi connectivity index (χ3n) is 2.84. The summed E-state index contributed by atoms with van der Waals surface area (Å²) in [6.07, 6.45) is 5.46. The van der Waals surface area contributed by atoms with Gasteiger partial charge >= 0.3 is 0 Å². The Morgan fingerprint density at radius 3 is 2.94 bits per heavy atom. The molecule has 2 heteroatoms. The molecule has 1 aromatic heterocycles. The Morgan fingerprint density at radius 2 is 2.12 bits per heavy atom. The number of nitrogens with zero attached hydrogens (tertiary/aromatic N) is 1. The maximum atomic E-state index is 4.47. The first-order valence-electron chi connectivity index (χ1n) is 5.77. The second-order valence-corrected chi connectivity index (χ2v) is 5.38. The third-order valence-corrected chi connectivity index (χ3v) is 3.94. The molecule has 0 spiro atoms. The molecule has 16 heavy (non-hydrogen) atoms. The van der Waals surface area contributed by atoms with Gasteiger partial charge in [-0.2, -0.15) is 0 Å². The number of fused-ring (bicyclic) bond motifs is 1. The minimum atomic E-state index is 0.624. The Hall–Kier alpha value is -0.890. The van der Waals surface area contributed by atoms with Gasteiger partial charge in [-0.05, 0) is 37.0 Å². The molecule has 1 aromatic carbocycles. The number of hydrogen-bond donors (Lipinski definition) is 0. The molecule has 0 N–H and O–H groups in total. The van der Waals surface area contributed by atoms with E-state index in [0.717, 1.165) is 11.9 Å². The first kappa shape index (κ1) is 11.6. The van der Waals surface area contributed by atoms with Crippen molar-refractivity contribution in [3.05, 3.63) is 42.1 Å². The highest BCUT2D eigenvalue weighted by atomic mass is 79.9. The van der Waals surface area contributed by atoms with Crippen LogP contribution in [-0.4, -0.2) is 9.81 Å². The van der Waals surface area contributed by atoms with Crippen molar-refractivity contribution in [2.45, 2.75) is 31.0 Å². The van der Waals surface area contributed by atoms with E-state index in [-0.39, 0.29) is 0 Å². The lowest BCUT2D eigenvalue weighted by atomic mass is 10.1. The Morgan fingerprint density at radius 1 is 1.31 bits per heavy atom. The predicted octanol–water partition coefficient (Wildman–Crippen LogP) is 4.34. The smallest absolute Gasteiger partial charge is 0.0702 e. The molecule has 2 aromatic rings. The first-order chi connectivity index (χ1) is 7.79. The summed E-state index contributed by atoms with van der Waals surface area (Å²) in [5, 5.41) is 1.24. The number of halogens is 1. The van der Waals surface area contributed by atoms with Crippen LogP contribution in [0.1, 0.15) is 25.3 Å². The van der Waals surface area contributed by atoms with Gasteiger partial charge in [0.2, 0.25) is 0 Å².